The van der Waals surface area contributed by atoms with E-state index in [0.29, 0.717) is 0 Å². The molecule has 4 nitrogen and oxygen atoms in total. The minimum Gasteiger partial charge on any atom is -0.501 e. The Labute approximate surface area is 414 Å². The number of rotatable bonds is 7. The van der Waals surface area contributed by atoms with E-state index in [9.17, 15) is 4.39 Å². The van der Waals surface area contributed by atoms with E-state index in [1.807, 2.05) is 18.2 Å². The van der Waals surface area contributed by atoms with Crippen LogP contribution in [0, 0.1) is 17.9 Å². The Morgan fingerprint density at radius 1 is 0.603 bits per heavy atom. The number of nitrogens with zero attached hydrogens (tertiary/aromatic N) is 3. The van der Waals surface area contributed by atoms with Gasteiger partial charge in [-0.2, -0.15) is 0 Å². The van der Waals surface area contributed by atoms with Crippen molar-refractivity contribution in [2.45, 2.75) is 91.9 Å². The molecule has 3 aromatic heterocycles. The van der Waals surface area contributed by atoms with E-state index in [1.54, 1.807) is 12.3 Å². The van der Waals surface area contributed by atoms with Gasteiger partial charge in [0.25, 0.3) is 0 Å². The Hall–Kier alpha value is -6.46. The second-order valence-electron chi connectivity index (χ2n) is 20.3. The zero-order valence-electron chi connectivity index (χ0n) is 40.6. The molecule has 10 aromatic rings. The van der Waals surface area contributed by atoms with E-state index < -0.39 is 0 Å². The fraction of sp³-hybridized carbons (Fsp3) is 0.226. The Morgan fingerprint density at radius 3 is 1.90 bits per heavy atom. The van der Waals surface area contributed by atoms with Crippen molar-refractivity contribution in [3.8, 4) is 50.6 Å². The van der Waals surface area contributed by atoms with Crippen molar-refractivity contribution in [1.29, 1.82) is 0 Å². The van der Waals surface area contributed by atoms with E-state index >= 15 is 0 Å². The van der Waals surface area contributed by atoms with E-state index in [4.69, 9.17) is 9.40 Å². The van der Waals surface area contributed by atoms with Crippen LogP contribution in [0.2, 0.25) is 0 Å². The summed E-state index contributed by atoms with van der Waals surface area (Å²) in [6.45, 7) is 22.4. The van der Waals surface area contributed by atoms with Crippen LogP contribution in [0.1, 0.15) is 103 Å². The topological polar surface area (TPSA) is 43.9 Å². The summed E-state index contributed by atoms with van der Waals surface area (Å²) in [4.78, 5) is 9.63. The summed E-state index contributed by atoms with van der Waals surface area (Å²) in [7, 11) is 0. The molecule has 6 heteroatoms. The summed E-state index contributed by atoms with van der Waals surface area (Å²) >= 11 is 0. The minimum absolute atomic E-state index is 0. The largest absolute Gasteiger partial charge is 0.501 e. The van der Waals surface area contributed by atoms with Gasteiger partial charge in [-0.05, 0) is 109 Å². The van der Waals surface area contributed by atoms with Crippen molar-refractivity contribution in [3.05, 3.63) is 198 Å². The first-order valence-electron chi connectivity index (χ1n) is 23.4. The SMILES string of the molecule is CC(C)(C)c1ccnc(-c2[c-]cc(F)cc2)c1.CC(C)c1cc(-c2ccccc2)cc(C(C)C)c1-n1c(-c2[c-]ccc3c2oc2cc(-c4ccc(C(C)(C)C)cc4)ccc23)nc2ccccc21.[Ir]. The molecule has 0 bridgehead atoms. The van der Waals surface area contributed by atoms with Crippen LogP contribution < -0.4 is 0 Å². The molecular weight excluding hydrogens is 1010 g/mol. The summed E-state index contributed by atoms with van der Waals surface area (Å²) in [5, 5.41) is 2.15. The van der Waals surface area contributed by atoms with Crippen LogP contribution in [-0.4, -0.2) is 14.5 Å². The molecule has 0 spiro atoms. The van der Waals surface area contributed by atoms with Gasteiger partial charge in [0.1, 0.15) is 5.58 Å². The third-order valence-corrected chi connectivity index (χ3v) is 12.7. The first kappa shape index (κ1) is 48.0. The molecule has 10 rings (SSSR count). The van der Waals surface area contributed by atoms with Crippen molar-refractivity contribution in [3.63, 3.8) is 0 Å². The fourth-order valence-corrected chi connectivity index (χ4v) is 8.90. The van der Waals surface area contributed by atoms with Gasteiger partial charge in [0.2, 0.25) is 0 Å². The molecule has 0 N–H and O–H groups in total. The zero-order chi connectivity index (χ0) is 47.2. The number of fused-ring (bicyclic) bond motifs is 4. The minimum atomic E-state index is -0.277. The van der Waals surface area contributed by atoms with Crippen LogP contribution in [0.5, 0.6) is 0 Å². The van der Waals surface area contributed by atoms with Crippen LogP contribution in [0.3, 0.4) is 0 Å². The van der Waals surface area contributed by atoms with Crippen molar-refractivity contribution < 1.29 is 28.9 Å². The van der Waals surface area contributed by atoms with Crippen molar-refractivity contribution in [2.24, 2.45) is 0 Å². The van der Waals surface area contributed by atoms with Crippen LogP contribution >= 0.6 is 0 Å². The molecule has 0 amide bonds. The number of pyridine rings is 1. The van der Waals surface area contributed by atoms with Gasteiger partial charge in [-0.3, -0.25) is 9.37 Å². The Morgan fingerprint density at radius 2 is 1.25 bits per heavy atom. The predicted octanol–water partition coefficient (Wildman–Crippen LogP) is 17.3. The molecule has 0 fully saturated rings. The van der Waals surface area contributed by atoms with Gasteiger partial charge in [-0.25, -0.2) is 0 Å². The smallest absolute Gasteiger partial charge is 0.121 e. The van der Waals surface area contributed by atoms with Crippen molar-refractivity contribution in [1.82, 2.24) is 14.5 Å². The summed E-state index contributed by atoms with van der Waals surface area (Å²) in [5.74, 6) is 1.12. The summed E-state index contributed by atoms with van der Waals surface area (Å²) in [6.07, 6.45) is 1.78. The molecule has 0 aliphatic heterocycles. The average molecular weight is 1070 g/mol. The fourth-order valence-electron chi connectivity index (χ4n) is 8.90. The van der Waals surface area contributed by atoms with Gasteiger partial charge in [0.15, 0.2) is 0 Å². The third-order valence-electron chi connectivity index (χ3n) is 12.7. The van der Waals surface area contributed by atoms with Gasteiger partial charge in [-0.1, -0.05) is 165 Å². The number of halogens is 1. The quantitative estimate of drug-likeness (QED) is 0.149. The third kappa shape index (κ3) is 9.63. The first-order chi connectivity index (χ1) is 32.0. The second kappa shape index (κ2) is 19.3. The van der Waals surface area contributed by atoms with Crippen LogP contribution in [-0.2, 0) is 30.9 Å². The van der Waals surface area contributed by atoms with E-state index in [-0.39, 0.29) is 48.6 Å². The van der Waals surface area contributed by atoms with Gasteiger partial charge >= 0.3 is 0 Å². The van der Waals surface area contributed by atoms with Gasteiger partial charge < -0.3 is 14.0 Å². The van der Waals surface area contributed by atoms with Crippen LogP contribution in [0.25, 0.3) is 83.6 Å². The zero-order valence-corrected chi connectivity index (χ0v) is 43.0. The number of furan rings is 1. The molecule has 7 aromatic carbocycles. The molecule has 0 atom stereocenters. The van der Waals surface area contributed by atoms with E-state index in [1.165, 1.54) is 56.8 Å². The summed E-state index contributed by atoms with van der Waals surface area (Å²) in [6, 6.07) is 58.5. The number of para-hydroxylation sites is 2. The average Bonchev–Trinajstić information content (AvgIpc) is 3.90. The molecule has 0 saturated carbocycles. The van der Waals surface area contributed by atoms with Gasteiger partial charge in [0.05, 0.1) is 22.4 Å². The number of benzene rings is 7. The predicted molar refractivity (Wildman–Crippen MR) is 278 cm³/mol. The maximum atomic E-state index is 12.8. The molecule has 0 unspecified atom stereocenters. The van der Waals surface area contributed by atoms with Gasteiger partial charge in [0, 0.05) is 43.2 Å². The Kier molecular flexibility index (Phi) is 13.6. The standard InChI is InChI=1S/C47H43N2O.C15H15FN.Ir/c1-29(2)39-26-34(31-14-9-8-10-15-31)27-40(30(3)4)44(39)49-42-19-12-11-18-41(42)48-46(49)38-17-13-16-37-36-25-22-33(28-43(36)50-45(37)38)32-20-23-35(24-21-32)47(5,6)7;1-15(2,3)12-8-9-17-14(10-12)11-4-6-13(16)7-5-11;/h8-16,18-30H,1-7H3;4,6-10H,1-3H3;/q2*-1;. The molecule has 0 aliphatic rings. The number of hydrogen-bond donors (Lipinski definition) is 0. The number of imidazole rings is 1. The van der Waals surface area contributed by atoms with Crippen molar-refractivity contribution in [2.75, 3.05) is 0 Å². The maximum Gasteiger partial charge on any atom is 0.121 e. The van der Waals surface area contributed by atoms with E-state index in [2.05, 4.69) is 206 Å². The summed E-state index contributed by atoms with van der Waals surface area (Å²) < 4.78 is 22.0. The van der Waals surface area contributed by atoms with Crippen molar-refractivity contribution >= 4 is 33.0 Å². The maximum absolute atomic E-state index is 12.8. The first-order valence-corrected chi connectivity index (χ1v) is 23.4. The van der Waals surface area contributed by atoms with Gasteiger partial charge in [-0.15, -0.1) is 48.0 Å². The Bertz CT molecular complexity index is 3340. The van der Waals surface area contributed by atoms with E-state index in [0.717, 1.165) is 61.2 Å². The molecule has 345 valence electrons. The molecule has 0 aliphatic carbocycles. The second-order valence-corrected chi connectivity index (χ2v) is 20.3. The molecule has 3 heterocycles. The normalized spacial score (nSPS) is 11.9. The Balaban J connectivity index is 0.000000293. The number of hydrogen-bond acceptors (Lipinski definition) is 3. The molecular formula is C62H58FIrN3O-2. The summed E-state index contributed by atoms with van der Waals surface area (Å²) in [5.41, 5.74) is 17.5. The van der Waals surface area contributed by atoms with Crippen LogP contribution in [0.15, 0.2) is 162 Å². The number of aromatic nitrogens is 3. The molecule has 0 saturated heterocycles. The molecule has 1 radical (unpaired) electrons. The molecule has 68 heavy (non-hydrogen) atoms. The monoisotopic (exact) mass is 1070 g/mol. The van der Waals surface area contributed by atoms with Crippen LogP contribution in [0.4, 0.5) is 4.39 Å².